The number of fused-ring (bicyclic) bond motifs is 5. The molecule has 0 radical (unpaired) electrons. The van der Waals surface area contributed by atoms with Crippen LogP contribution in [-0.2, 0) is 6.54 Å². The first-order valence-electron chi connectivity index (χ1n) is 14.2. The number of piperidine rings is 1. The van der Waals surface area contributed by atoms with Gasteiger partial charge in [0.05, 0.1) is 11.3 Å². The van der Waals surface area contributed by atoms with Crippen LogP contribution in [0.2, 0.25) is 0 Å². The number of rotatable bonds is 5. The summed E-state index contributed by atoms with van der Waals surface area (Å²) in [6.45, 7) is 7.99. The molecule has 1 unspecified atom stereocenters. The molecule has 3 aromatic rings. The zero-order chi connectivity index (χ0) is 25.5. The highest BCUT2D eigenvalue weighted by Crippen LogP contribution is 2.47. The molecule has 196 valence electrons. The van der Waals surface area contributed by atoms with Crippen LogP contribution >= 0.6 is 0 Å². The molecule has 0 amide bonds. The van der Waals surface area contributed by atoms with Crippen LogP contribution in [0.5, 0.6) is 0 Å². The van der Waals surface area contributed by atoms with Crippen LogP contribution < -0.4 is 4.90 Å². The first kappa shape index (κ1) is 24.5. The minimum atomic E-state index is -0.898. The minimum absolute atomic E-state index is 0.202. The summed E-state index contributed by atoms with van der Waals surface area (Å²) in [5.74, 6) is 0.0797. The molecule has 3 aliphatic rings. The van der Waals surface area contributed by atoms with Crippen LogP contribution in [0.1, 0.15) is 73.7 Å². The van der Waals surface area contributed by atoms with Gasteiger partial charge in [-0.2, -0.15) is 0 Å². The van der Waals surface area contributed by atoms with Gasteiger partial charge in [0.15, 0.2) is 0 Å². The van der Waals surface area contributed by atoms with E-state index in [1.54, 1.807) is 18.2 Å². The lowest BCUT2D eigenvalue weighted by atomic mass is 9.81. The number of nitrogens with zero attached hydrogens (tertiary/aromatic N) is 3. The molecule has 3 heterocycles. The normalized spacial score (nSPS) is 21.0. The molecule has 6 heteroatoms. The summed E-state index contributed by atoms with van der Waals surface area (Å²) in [6.07, 6.45) is 8.58. The molecular formula is C31H38FN3O2. The van der Waals surface area contributed by atoms with Crippen LogP contribution in [0.4, 0.5) is 10.1 Å². The van der Waals surface area contributed by atoms with Gasteiger partial charge < -0.3 is 19.5 Å². The van der Waals surface area contributed by atoms with Crippen molar-refractivity contribution in [1.82, 2.24) is 9.47 Å². The second-order valence-corrected chi connectivity index (χ2v) is 11.5. The minimum Gasteiger partial charge on any atom is -0.478 e. The Morgan fingerprint density at radius 3 is 2.59 bits per heavy atom. The maximum atomic E-state index is 14.7. The van der Waals surface area contributed by atoms with Crippen molar-refractivity contribution in [2.24, 2.45) is 5.92 Å². The van der Waals surface area contributed by atoms with Gasteiger partial charge >= 0.3 is 5.97 Å². The van der Waals surface area contributed by atoms with Gasteiger partial charge in [0.1, 0.15) is 5.82 Å². The average molecular weight is 504 g/mol. The van der Waals surface area contributed by atoms with Crippen LogP contribution in [0, 0.1) is 11.7 Å². The molecular weight excluding hydrogens is 465 g/mol. The number of aromatic nitrogens is 1. The molecule has 0 bridgehead atoms. The Bertz CT molecular complexity index is 1310. The van der Waals surface area contributed by atoms with Gasteiger partial charge in [0.2, 0.25) is 0 Å². The first-order valence-corrected chi connectivity index (χ1v) is 14.2. The van der Waals surface area contributed by atoms with Gasteiger partial charge in [-0.25, -0.2) is 9.18 Å². The molecule has 1 saturated carbocycles. The summed E-state index contributed by atoms with van der Waals surface area (Å²) >= 11 is 0. The van der Waals surface area contributed by atoms with E-state index in [2.05, 4.69) is 21.3 Å². The number of anilines is 1. The molecule has 5 nitrogen and oxygen atoms in total. The van der Waals surface area contributed by atoms with Gasteiger partial charge in [-0.3, -0.25) is 0 Å². The fraction of sp³-hybridized carbons (Fsp3) is 0.516. The van der Waals surface area contributed by atoms with E-state index in [4.69, 9.17) is 0 Å². The van der Waals surface area contributed by atoms with Crippen molar-refractivity contribution in [2.45, 2.75) is 64.3 Å². The summed E-state index contributed by atoms with van der Waals surface area (Å²) in [6, 6.07) is 10.9. The Balaban J connectivity index is 1.46. The molecule has 6 rings (SSSR count). The maximum Gasteiger partial charge on any atom is 0.335 e. The third kappa shape index (κ3) is 4.65. The lowest BCUT2D eigenvalue weighted by molar-refractivity contribution is 0.0697. The van der Waals surface area contributed by atoms with Crippen LogP contribution in [-0.4, -0.2) is 53.3 Å². The maximum absolute atomic E-state index is 14.7. The summed E-state index contributed by atoms with van der Waals surface area (Å²) in [5, 5.41) is 10.9. The van der Waals surface area contributed by atoms with E-state index in [9.17, 15) is 14.3 Å². The average Bonchev–Trinajstić information content (AvgIpc) is 3.13. The second kappa shape index (κ2) is 10.1. The molecule has 1 atom stereocenters. The van der Waals surface area contributed by atoms with E-state index < -0.39 is 5.97 Å². The quantitative estimate of drug-likeness (QED) is 0.419. The Morgan fingerprint density at radius 2 is 1.81 bits per heavy atom. The zero-order valence-electron chi connectivity index (χ0n) is 21.9. The summed E-state index contributed by atoms with van der Waals surface area (Å²) in [7, 11) is 0. The summed E-state index contributed by atoms with van der Waals surface area (Å²) < 4.78 is 17.1. The molecule has 1 aromatic heterocycles. The highest BCUT2D eigenvalue weighted by molar-refractivity contribution is 5.99. The van der Waals surface area contributed by atoms with Crippen LogP contribution in [0.15, 0.2) is 36.4 Å². The number of benzene rings is 2. The van der Waals surface area contributed by atoms with E-state index in [0.29, 0.717) is 11.5 Å². The second-order valence-electron chi connectivity index (χ2n) is 11.5. The standard InChI is InChI=1S/C31H38FN3O2/c1-21-6-5-13-33(20-21)14-15-34-16-17-35-28-18-23(31(36)37)9-11-25(28)29(22-7-3-2-4-8-22)30(35)26-12-10-24(32)19-27(26)34/h9-12,18-19,21-22H,2-8,13-17,20H2,1H3,(H,36,37). The Hall–Kier alpha value is -2.86. The number of carboxylic acids is 1. The van der Waals surface area contributed by atoms with Crippen molar-refractivity contribution in [3.05, 3.63) is 53.3 Å². The molecule has 2 fully saturated rings. The molecule has 1 N–H and O–H groups in total. The highest BCUT2D eigenvalue weighted by Gasteiger charge is 2.31. The third-order valence-corrected chi connectivity index (χ3v) is 8.94. The van der Waals surface area contributed by atoms with Crippen molar-refractivity contribution in [1.29, 1.82) is 0 Å². The number of hydrogen-bond donors (Lipinski definition) is 1. The predicted octanol–water partition coefficient (Wildman–Crippen LogP) is 6.75. The fourth-order valence-corrected chi connectivity index (χ4v) is 7.13. The van der Waals surface area contributed by atoms with Crippen molar-refractivity contribution >= 4 is 22.6 Å². The van der Waals surface area contributed by atoms with Gasteiger partial charge in [0.25, 0.3) is 0 Å². The predicted molar refractivity (Wildman–Crippen MR) is 147 cm³/mol. The molecule has 2 aliphatic heterocycles. The highest BCUT2D eigenvalue weighted by atomic mass is 19.1. The SMILES string of the molecule is CC1CCCN(CCN2CCn3c(c(C4CCCCC4)c4ccc(C(=O)O)cc43)-c3ccc(F)cc32)C1. The van der Waals surface area contributed by atoms with Crippen LogP contribution in [0.3, 0.4) is 0 Å². The van der Waals surface area contributed by atoms with E-state index >= 15 is 0 Å². The van der Waals surface area contributed by atoms with Crippen molar-refractivity contribution < 1.29 is 14.3 Å². The topological polar surface area (TPSA) is 48.7 Å². The third-order valence-electron chi connectivity index (χ3n) is 8.94. The first-order chi connectivity index (χ1) is 18.0. The van der Waals surface area contributed by atoms with Gasteiger partial charge in [-0.05, 0) is 80.0 Å². The van der Waals surface area contributed by atoms with Gasteiger partial charge in [-0.1, -0.05) is 32.3 Å². The Labute approximate surface area is 218 Å². The molecule has 1 saturated heterocycles. The van der Waals surface area contributed by atoms with Crippen molar-refractivity contribution in [2.75, 3.05) is 37.6 Å². The molecule has 0 spiro atoms. The van der Waals surface area contributed by atoms with Crippen molar-refractivity contribution in [3.63, 3.8) is 0 Å². The Kier molecular flexibility index (Phi) is 6.70. The van der Waals surface area contributed by atoms with Gasteiger partial charge in [0, 0.05) is 54.9 Å². The molecule has 2 aromatic carbocycles. The number of aromatic carboxylic acids is 1. The van der Waals surface area contributed by atoms with Crippen molar-refractivity contribution in [3.8, 4) is 11.3 Å². The fourth-order valence-electron chi connectivity index (χ4n) is 7.13. The zero-order valence-corrected chi connectivity index (χ0v) is 21.9. The van der Waals surface area contributed by atoms with E-state index in [-0.39, 0.29) is 5.82 Å². The van der Waals surface area contributed by atoms with E-state index in [1.165, 1.54) is 43.4 Å². The van der Waals surface area contributed by atoms with Gasteiger partial charge in [-0.15, -0.1) is 0 Å². The van der Waals surface area contributed by atoms with E-state index in [1.807, 2.05) is 18.2 Å². The lowest BCUT2D eigenvalue weighted by Gasteiger charge is -2.33. The number of carbonyl (C=O) groups is 1. The summed E-state index contributed by atoms with van der Waals surface area (Å²) in [4.78, 5) is 16.8. The number of likely N-dealkylation sites (tertiary alicyclic amines) is 1. The van der Waals surface area contributed by atoms with Crippen LogP contribution in [0.25, 0.3) is 22.2 Å². The number of hydrogen-bond acceptors (Lipinski definition) is 3. The Morgan fingerprint density at radius 1 is 0.973 bits per heavy atom. The monoisotopic (exact) mass is 503 g/mol. The lowest BCUT2D eigenvalue weighted by Crippen LogP contribution is -2.41. The number of carboxylic acid groups (broad SMARTS) is 1. The molecule has 1 aliphatic carbocycles. The van der Waals surface area contributed by atoms with E-state index in [0.717, 1.165) is 80.2 Å². The largest absolute Gasteiger partial charge is 0.478 e. The summed E-state index contributed by atoms with van der Waals surface area (Å²) in [5.41, 5.74) is 5.89. The number of halogens is 1. The molecule has 37 heavy (non-hydrogen) atoms. The smallest absolute Gasteiger partial charge is 0.335 e.